The van der Waals surface area contributed by atoms with Gasteiger partial charge in [0.1, 0.15) is 0 Å². The molecule has 1 aromatic heterocycles. The third-order valence-electron chi connectivity index (χ3n) is 4.28. The highest BCUT2D eigenvalue weighted by Crippen LogP contribution is 2.10. The maximum absolute atomic E-state index is 11.6. The molecule has 6 nitrogen and oxygen atoms in total. The Morgan fingerprint density at radius 1 is 1.00 bits per heavy atom. The minimum absolute atomic E-state index is 0.112. The topological polar surface area (TPSA) is 81.2 Å². The fourth-order valence-corrected chi connectivity index (χ4v) is 2.69. The Labute approximate surface area is 149 Å². The second kappa shape index (κ2) is 12.5. The zero-order valence-corrected chi connectivity index (χ0v) is 15.6. The van der Waals surface area contributed by atoms with Gasteiger partial charge in [0.25, 0.3) is 5.56 Å². The second-order valence-electron chi connectivity index (χ2n) is 6.52. The fraction of sp³-hybridized carbons (Fsp3) is 0.737. The number of carbonyl (C=O) groups excluding carboxylic acids is 1. The molecule has 1 N–H and O–H groups in total. The average molecular weight is 352 g/mol. The number of nitrogens with zero attached hydrogens (tertiary/aromatic N) is 1. The minimum atomic E-state index is -0.319. The molecule has 1 heterocycles. The summed E-state index contributed by atoms with van der Waals surface area (Å²) in [7, 11) is 0. The monoisotopic (exact) mass is 352 g/mol. The van der Waals surface area contributed by atoms with E-state index in [1.165, 1.54) is 32.1 Å². The first-order valence-corrected chi connectivity index (χ1v) is 9.50. The number of hydrogen-bond acceptors (Lipinski definition) is 4. The molecule has 0 radical (unpaired) electrons. The van der Waals surface area contributed by atoms with Gasteiger partial charge >= 0.3 is 11.7 Å². The number of aromatic amines is 1. The third kappa shape index (κ3) is 9.27. The molecule has 0 aliphatic heterocycles. The van der Waals surface area contributed by atoms with Gasteiger partial charge in [0, 0.05) is 24.7 Å². The van der Waals surface area contributed by atoms with Crippen LogP contribution in [0.5, 0.6) is 0 Å². The van der Waals surface area contributed by atoms with Gasteiger partial charge in [0.15, 0.2) is 0 Å². The molecule has 142 valence electrons. The predicted molar refractivity (Wildman–Crippen MR) is 98.9 cm³/mol. The lowest BCUT2D eigenvalue weighted by atomic mass is 10.1. The van der Waals surface area contributed by atoms with Crippen molar-refractivity contribution >= 4 is 5.97 Å². The van der Waals surface area contributed by atoms with Crippen molar-refractivity contribution in [3.05, 3.63) is 32.6 Å². The third-order valence-corrected chi connectivity index (χ3v) is 4.28. The van der Waals surface area contributed by atoms with E-state index in [1.54, 1.807) is 17.7 Å². The molecular weight excluding hydrogens is 320 g/mol. The zero-order valence-electron chi connectivity index (χ0n) is 15.6. The van der Waals surface area contributed by atoms with Crippen LogP contribution in [-0.2, 0) is 16.1 Å². The number of carbonyl (C=O) groups is 1. The van der Waals surface area contributed by atoms with Crippen molar-refractivity contribution in [2.24, 2.45) is 0 Å². The average Bonchev–Trinajstić information content (AvgIpc) is 2.59. The first kappa shape index (κ1) is 21.2. The number of nitrogens with one attached hydrogen (secondary N) is 1. The molecule has 0 aromatic carbocycles. The maximum atomic E-state index is 11.6. The number of ether oxygens (including phenoxy) is 1. The maximum Gasteiger partial charge on any atom is 0.328 e. The van der Waals surface area contributed by atoms with E-state index < -0.39 is 0 Å². The second-order valence-corrected chi connectivity index (χ2v) is 6.52. The Kier molecular flexibility index (Phi) is 10.6. The molecule has 0 saturated heterocycles. The quantitative estimate of drug-likeness (QED) is 0.436. The number of unbranched alkanes of at least 4 members (excludes halogenated alkanes) is 8. The summed E-state index contributed by atoms with van der Waals surface area (Å²) in [5, 5.41) is 0. The highest BCUT2D eigenvalue weighted by atomic mass is 16.5. The van der Waals surface area contributed by atoms with Crippen molar-refractivity contribution in [2.75, 3.05) is 6.61 Å². The summed E-state index contributed by atoms with van der Waals surface area (Å²) in [5.74, 6) is -0.112. The predicted octanol–water partition coefficient (Wildman–Crippen LogP) is 3.31. The SMILES string of the molecule is CCC(=O)OCCCCCCCCCCCn1cc(C)c(=O)[nH]c1=O. The molecule has 0 aliphatic rings. The van der Waals surface area contributed by atoms with Crippen LogP contribution < -0.4 is 11.2 Å². The Morgan fingerprint density at radius 2 is 1.56 bits per heavy atom. The normalized spacial score (nSPS) is 10.8. The van der Waals surface area contributed by atoms with Crippen LogP contribution >= 0.6 is 0 Å². The first-order valence-electron chi connectivity index (χ1n) is 9.50. The van der Waals surface area contributed by atoms with E-state index >= 15 is 0 Å². The van der Waals surface area contributed by atoms with Crippen LogP contribution in [0.3, 0.4) is 0 Å². The number of rotatable bonds is 13. The highest BCUT2D eigenvalue weighted by molar-refractivity contribution is 5.68. The Morgan fingerprint density at radius 3 is 2.16 bits per heavy atom. The van der Waals surface area contributed by atoms with E-state index in [0.29, 0.717) is 25.1 Å². The van der Waals surface area contributed by atoms with Crippen molar-refractivity contribution in [3.8, 4) is 0 Å². The molecule has 25 heavy (non-hydrogen) atoms. The smallest absolute Gasteiger partial charge is 0.328 e. The summed E-state index contributed by atoms with van der Waals surface area (Å²) in [4.78, 5) is 36.2. The fourth-order valence-electron chi connectivity index (χ4n) is 2.69. The summed E-state index contributed by atoms with van der Waals surface area (Å²) in [5.41, 5.74) is -0.0472. The summed E-state index contributed by atoms with van der Waals surface area (Å²) < 4.78 is 6.62. The molecule has 0 saturated carbocycles. The number of hydrogen-bond donors (Lipinski definition) is 1. The van der Waals surface area contributed by atoms with Crippen molar-refractivity contribution in [1.29, 1.82) is 0 Å². The highest BCUT2D eigenvalue weighted by Gasteiger charge is 2.01. The Hall–Kier alpha value is -1.85. The largest absolute Gasteiger partial charge is 0.466 e. The molecule has 0 bridgehead atoms. The van der Waals surface area contributed by atoms with Crippen LogP contribution in [0.4, 0.5) is 0 Å². The molecule has 0 unspecified atom stereocenters. The van der Waals surface area contributed by atoms with Crippen molar-refractivity contribution in [1.82, 2.24) is 9.55 Å². The van der Waals surface area contributed by atoms with E-state index in [9.17, 15) is 14.4 Å². The lowest BCUT2D eigenvalue weighted by Crippen LogP contribution is -2.30. The molecule has 0 atom stereocenters. The number of H-pyrrole nitrogens is 1. The standard InChI is InChI=1S/C19H32N2O4/c1-3-17(22)25-14-12-10-8-6-4-5-7-9-11-13-21-15-16(2)18(23)20-19(21)24/h15H,3-14H2,1-2H3,(H,20,23,24). The minimum Gasteiger partial charge on any atom is -0.466 e. The van der Waals surface area contributed by atoms with Crippen molar-refractivity contribution in [2.45, 2.75) is 84.6 Å². The molecule has 0 fully saturated rings. The van der Waals surface area contributed by atoms with Crippen molar-refractivity contribution in [3.63, 3.8) is 0 Å². The summed E-state index contributed by atoms with van der Waals surface area (Å²) in [6.07, 6.45) is 12.2. The lowest BCUT2D eigenvalue weighted by molar-refractivity contribution is -0.143. The van der Waals surface area contributed by atoms with Crippen LogP contribution in [0.15, 0.2) is 15.8 Å². The summed E-state index contributed by atoms with van der Waals surface area (Å²) in [6, 6.07) is 0. The van der Waals surface area contributed by atoms with Gasteiger partial charge in [-0.25, -0.2) is 4.79 Å². The Bertz CT molecular complexity index is 619. The molecule has 0 amide bonds. The van der Waals surface area contributed by atoms with Gasteiger partial charge in [-0.05, 0) is 19.8 Å². The summed E-state index contributed by atoms with van der Waals surface area (Å²) in [6.45, 7) is 4.73. The van der Waals surface area contributed by atoms with Crippen LogP contribution in [0.1, 0.15) is 76.7 Å². The Balaban J connectivity index is 1.96. The molecule has 0 spiro atoms. The summed E-state index contributed by atoms with van der Waals surface area (Å²) >= 11 is 0. The van der Waals surface area contributed by atoms with Crippen LogP contribution in [0, 0.1) is 6.92 Å². The first-order chi connectivity index (χ1) is 12.0. The number of esters is 1. The van der Waals surface area contributed by atoms with E-state index in [0.717, 1.165) is 25.7 Å². The van der Waals surface area contributed by atoms with Gasteiger partial charge < -0.3 is 9.30 Å². The van der Waals surface area contributed by atoms with Crippen LogP contribution in [-0.4, -0.2) is 22.1 Å². The van der Waals surface area contributed by atoms with E-state index in [4.69, 9.17) is 4.74 Å². The van der Waals surface area contributed by atoms with Gasteiger partial charge in [-0.15, -0.1) is 0 Å². The van der Waals surface area contributed by atoms with Gasteiger partial charge in [-0.3, -0.25) is 14.6 Å². The number of aryl methyl sites for hydroxylation is 2. The van der Waals surface area contributed by atoms with E-state index in [2.05, 4.69) is 4.98 Å². The van der Waals surface area contributed by atoms with E-state index in [-0.39, 0.29) is 17.2 Å². The zero-order chi connectivity index (χ0) is 18.5. The van der Waals surface area contributed by atoms with Gasteiger partial charge in [0.2, 0.25) is 0 Å². The van der Waals surface area contributed by atoms with E-state index in [1.807, 2.05) is 6.92 Å². The molecule has 0 aliphatic carbocycles. The van der Waals surface area contributed by atoms with Gasteiger partial charge in [0.05, 0.1) is 6.61 Å². The molecule has 1 rings (SSSR count). The lowest BCUT2D eigenvalue weighted by Gasteiger charge is -2.06. The van der Waals surface area contributed by atoms with Crippen LogP contribution in [0.2, 0.25) is 0 Å². The molecule has 1 aromatic rings. The van der Waals surface area contributed by atoms with Crippen molar-refractivity contribution < 1.29 is 9.53 Å². The van der Waals surface area contributed by atoms with Gasteiger partial charge in [-0.2, -0.15) is 0 Å². The van der Waals surface area contributed by atoms with Crippen LogP contribution in [0.25, 0.3) is 0 Å². The molecule has 6 heteroatoms. The number of aromatic nitrogens is 2. The van der Waals surface area contributed by atoms with Gasteiger partial charge in [-0.1, -0.05) is 51.9 Å². The molecular formula is C19H32N2O4.